The third-order valence-electron chi connectivity index (χ3n) is 3.19. The Morgan fingerprint density at radius 1 is 1.25 bits per heavy atom. The first-order valence-corrected chi connectivity index (χ1v) is 5.79. The minimum Gasteiger partial charge on any atom is -0.496 e. The SMILES string of the molecule is CNC(C)(C)c1cc(C(C)C)ccc1OC. The van der Waals surface area contributed by atoms with Crippen molar-refractivity contribution in [3.05, 3.63) is 29.3 Å². The van der Waals surface area contributed by atoms with Gasteiger partial charge in [0.25, 0.3) is 0 Å². The molecule has 2 nitrogen and oxygen atoms in total. The molecule has 0 radical (unpaired) electrons. The molecule has 1 aromatic carbocycles. The van der Waals surface area contributed by atoms with E-state index in [1.807, 2.05) is 7.05 Å². The Kier molecular flexibility index (Phi) is 3.98. The number of methoxy groups -OCH3 is 1. The molecule has 0 bridgehead atoms. The molecule has 0 aliphatic rings. The van der Waals surface area contributed by atoms with Crippen molar-refractivity contribution in [3.63, 3.8) is 0 Å². The fourth-order valence-electron chi connectivity index (χ4n) is 1.71. The lowest BCUT2D eigenvalue weighted by Crippen LogP contribution is -2.33. The van der Waals surface area contributed by atoms with E-state index in [0.717, 1.165) is 5.75 Å². The van der Waals surface area contributed by atoms with Crippen LogP contribution in [-0.2, 0) is 5.54 Å². The van der Waals surface area contributed by atoms with E-state index < -0.39 is 0 Å². The number of hydrogen-bond acceptors (Lipinski definition) is 2. The van der Waals surface area contributed by atoms with Gasteiger partial charge in [0, 0.05) is 11.1 Å². The molecule has 0 aliphatic heterocycles. The first-order chi connectivity index (χ1) is 7.42. The van der Waals surface area contributed by atoms with Crippen molar-refractivity contribution in [2.75, 3.05) is 14.2 Å². The van der Waals surface area contributed by atoms with Crippen LogP contribution < -0.4 is 10.1 Å². The molecule has 1 rings (SSSR count). The van der Waals surface area contributed by atoms with Crippen LogP contribution in [0.2, 0.25) is 0 Å². The van der Waals surface area contributed by atoms with Crippen molar-refractivity contribution >= 4 is 0 Å². The van der Waals surface area contributed by atoms with Gasteiger partial charge in [0.1, 0.15) is 5.75 Å². The van der Waals surface area contributed by atoms with E-state index in [9.17, 15) is 0 Å². The second-order valence-corrected chi connectivity index (χ2v) is 4.99. The molecule has 0 saturated heterocycles. The molecule has 0 aliphatic carbocycles. The highest BCUT2D eigenvalue weighted by atomic mass is 16.5. The molecule has 0 aromatic heterocycles. The summed E-state index contributed by atoms with van der Waals surface area (Å²) in [6.45, 7) is 8.74. The average Bonchev–Trinajstić information content (AvgIpc) is 2.28. The van der Waals surface area contributed by atoms with Crippen molar-refractivity contribution in [3.8, 4) is 5.75 Å². The van der Waals surface area contributed by atoms with Gasteiger partial charge in [0.05, 0.1) is 7.11 Å². The summed E-state index contributed by atoms with van der Waals surface area (Å²) in [7, 11) is 3.70. The van der Waals surface area contributed by atoms with Crippen LogP contribution in [0.3, 0.4) is 0 Å². The van der Waals surface area contributed by atoms with E-state index in [1.54, 1.807) is 7.11 Å². The molecule has 16 heavy (non-hydrogen) atoms. The van der Waals surface area contributed by atoms with E-state index >= 15 is 0 Å². The zero-order valence-corrected chi connectivity index (χ0v) is 11.2. The predicted octanol–water partition coefficient (Wildman–Crippen LogP) is 3.27. The fourth-order valence-corrected chi connectivity index (χ4v) is 1.71. The van der Waals surface area contributed by atoms with Gasteiger partial charge >= 0.3 is 0 Å². The molecular formula is C14H23NO. The van der Waals surface area contributed by atoms with Gasteiger partial charge in [-0.3, -0.25) is 0 Å². The molecule has 0 atom stereocenters. The normalized spacial score (nSPS) is 11.9. The Labute approximate surface area is 99.0 Å². The Bertz CT molecular complexity index is 356. The number of hydrogen-bond donors (Lipinski definition) is 1. The second kappa shape index (κ2) is 4.88. The van der Waals surface area contributed by atoms with E-state index in [0.29, 0.717) is 5.92 Å². The van der Waals surface area contributed by atoms with Crippen molar-refractivity contribution in [1.82, 2.24) is 5.32 Å². The van der Waals surface area contributed by atoms with E-state index in [1.165, 1.54) is 11.1 Å². The lowest BCUT2D eigenvalue weighted by molar-refractivity contribution is 0.374. The van der Waals surface area contributed by atoms with Crippen LogP contribution in [0.15, 0.2) is 18.2 Å². The average molecular weight is 221 g/mol. The highest BCUT2D eigenvalue weighted by molar-refractivity contribution is 5.42. The predicted molar refractivity (Wildman–Crippen MR) is 69.2 cm³/mol. The van der Waals surface area contributed by atoms with Gasteiger partial charge in [-0.15, -0.1) is 0 Å². The summed E-state index contributed by atoms with van der Waals surface area (Å²) >= 11 is 0. The maximum absolute atomic E-state index is 5.43. The quantitative estimate of drug-likeness (QED) is 0.842. The van der Waals surface area contributed by atoms with Crippen LogP contribution in [0.5, 0.6) is 5.75 Å². The lowest BCUT2D eigenvalue weighted by Gasteiger charge is -2.27. The molecule has 0 fully saturated rings. The Morgan fingerprint density at radius 2 is 1.88 bits per heavy atom. The van der Waals surface area contributed by atoms with E-state index in [-0.39, 0.29) is 5.54 Å². The van der Waals surface area contributed by atoms with Gasteiger partial charge in [-0.1, -0.05) is 26.0 Å². The summed E-state index contributed by atoms with van der Waals surface area (Å²) in [6, 6.07) is 6.43. The highest BCUT2D eigenvalue weighted by Gasteiger charge is 2.22. The molecule has 0 saturated carbocycles. The number of ether oxygens (including phenoxy) is 1. The van der Waals surface area contributed by atoms with Crippen LogP contribution in [-0.4, -0.2) is 14.2 Å². The molecule has 0 unspecified atom stereocenters. The molecule has 90 valence electrons. The van der Waals surface area contributed by atoms with Crippen LogP contribution >= 0.6 is 0 Å². The number of rotatable bonds is 4. The van der Waals surface area contributed by atoms with Gasteiger partial charge < -0.3 is 10.1 Å². The smallest absolute Gasteiger partial charge is 0.123 e. The third kappa shape index (κ3) is 2.56. The van der Waals surface area contributed by atoms with Crippen LogP contribution in [0.25, 0.3) is 0 Å². The summed E-state index contributed by atoms with van der Waals surface area (Å²) in [6.07, 6.45) is 0. The number of benzene rings is 1. The van der Waals surface area contributed by atoms with Gasteiger partial charge in [-0.2, -0.15) is 0 Å². The molecule has 1 aromatic rings. The molecule has 0 amide bonds. The molecule has 1 N–H and O–H groups in total. The van der Waals surface area contributed by atoms with Crippen molar-refractivity contribution in [1.29, 1.82) is 0 Å². The summed E-state index contributed by atoms with van der Waals surface area (Å²) in [4.78, 5) is 0. The van der Waals surface area contributed by atoms with E-state index in [4.69, 9.17) is 4.74 Å². The maximum Gasteiger partial charge on any atom is 0.123 e. The molecular weight excluding hydrogens is 198 g/mol. The monoisotopic (exact) mass is 221 g/mol. The van der Waals surface area contributed by atoms with Crippen molar-refractivity contribution in [2.24, 2.45) is 0 Å². The summed E-state index contributed by atoms with van der Waals surface area (Å²) in [5, 5.41) is 3.32. The summed E-state index contributed by atoms with van der Waals surface area (Å²) in [5.74, 6) is 1.49. The molecule has 0 spiro atoms. The van der Waals surface area contributed by atoms with Crippen molar-refractivity contribution < 1.29 is 4.74 Å². The van der Waals surface area contributed by atoms with Crippen molar-refractivity contribution in [2.45, 2.75) is 39.2 Å². The van der Waals surface area contributed by atoms with Gasteiger partial charge in [-0.25, -0.2) is 0 Å². The van der Waals surface area contributed by atoms with E-state index in [2.05, 4.69) is 51.2 Å². The summed E-state index contributed by atoms with van der Waals surface area (Å²) in [5.41, 5.74) is 2.49. The second-order valence-electron chi connectivity index (χ2n) is 4.99. The van der Waals surface area contributed by atoms with Crippen LogP contribution in [0.4, 0.5) is 0 Å². The summed E-state index contributed by atoms with van der Waals surface area (Å²) < 4.78 is 5.43. The minimum absolute atomic E-state index is 0.0732. The minimum atomic E-state index is -0.0732. The first kappa shape index (κ1) is 13.0. The Balaban J connectivity index is 3.27. The molecule has 2 heteroatoms. The zero-order chi connectivity index (χ0) is 12.3. The zero-order valence-electron chi connectivity index (χ0n) is 11.2. The van der Waals surface area contributed by atoms with Gasteiger partial charge in [0.2, 0.25) is 0 Å². The highest BCUT2D eigenvalue weighted by Crippen LogP contribution is 2.32. The standard InChI is InChI=1S/C14H23NO/c1-10(2)11-7-8-13(16-6)12(9-11)14(3,4)15-5/h7-10,15H,1-6H3. The van der Waals surface area contributed by atoms with Gasteiger partial charge in [-0.05, 0) is 38.4 Å². The topological polar surface area (TPSA) is 21.3 Å². The maximum atomic E-state index is 5.43. The first-order valence-electron chi connectivity index (χ1n) is 5.79. The largest absolute Gasteiger partial charge is 0.496 e. The fraction of sp³-hybridized carbons (Fsp3) is 0.571. The van der Waals surface area contributed by atoms with Gasteiger partial charge in [0.15, 0.2) is 0 Å². The van der Waals surface area contributed by atoms with Crippen LogP contribution in [0, 0.1) is 0 Å². The Hall–Kier alpha value is -1.02. The lowest BCUT2D eigenvalue weighted by atomic mass is 9.89. The Morgan fingerprint density at radius 3 is 2.31 bits per heavy atom. The van der Waals surface area contributed by atoms with Crippen LogP contribution in [0.1, 0.15) is 44.7 Å². The number of nitrogens with one attached hydrogen (secondary N) is 1. The molecule has 0 heterocycles. The third-order valence-corrected chi connectivity index (χ3v) is 3.19.